The Bertz CT molecular complexity index is 437. The maximum absolute atomic E-state index is 11.9. The minimum absolute atomic E-state index is 0.0288. The van der Waals surface area contributed by atoms with Crippen LogP contribution in [0.1, 0.15) is 35.7 Å². The van der Waals surface area contributed by atoms with E-state index in [9.17, 15) is 4.79 Å². The first-order valence-corrected chi connectivity index (χ1v) is 6.19. The molecule has 1 amide bonds. The molecule has 0 heterocycles. The van der Waals surface area contributed by atoms with E-state index in [1.54, 1.807) is 24.3 Å². The Morgan fingerprint density at radius 1 is 1.35 bits per heavy atom. The molecular weight excluding hydrogens is 232 g/mol. The second-order valence-electron chi connectivity index (χ2n) is 4.54. The number of rotatable bonds is 4. The number of benzene rings is 1. The molecule has 1 aromatic carbocycles. The summed E-state index contributed by atoms with van der Waals surface area (Å²) in [5.74, 6) is 0.633. The minimum Gasteiger partial charge on any atom is -0.389 e. The Balaban J connectivity index is 2.00. The predicted molar refractivity (Wildman–Crippen MR) is 72.0 cm³/mol. The summed E-state index contributed by atoms with van der Waals surface area (Å²) in [5.41, 5.74) is 6.93. The zero-order valence-corrected chi connectivity index (χ0v) is 10.6. The van der Waals surface area contributed by atoms with Crippen LogP contribution in [0.15, 0.2) is 24.3 Å². The Kier molecular flexibility index (Phi) is 3.43. The summed E-state index contributed by atoms with van der Waals surface area (Å²) >= 11 is 4.86. The molecular formula is C13H16N2OS. The highest BCUT2D eigenvalue weighted by Crippen LogP contribution is 2.32. The van der Waals surface area contributed by atoms with E-state index in [1.165, 1.54) is 12.8 Å². The van der Waals surface area contributed by atoms with E-state index in [-0.39, 0.29) is 11.9 Å². The number of carbonyl (C=O) groups is 1. The van der Waals surface area contributed by atoms with Crippen LogP contribution in [0.4, 0.5) is 0 Å². The molecule has 1 atom stereocenters. The van der Waals surface area contributed by atoms with Crippen molar-refractivity contribution in [3.8, 4) is 0 Å². The van der Waals surface area contributed by atoms with Crippen LogP contribution >= 0.6 is 12.2 Å². The molecule has 0 spiro atoms. The fourth-order valence-electron chi connectivity index (χ4n) is 1.79. The number of nitrogens with two attached hydrogens (primary N) is 1. The van der Waals surface area contributed by atoms with Crippen molar-refractivity contribution < 1.29 is 4.79 Å². The molecule has 17 heavy (non-hydrogen) atoms. The number of hydrogen-bond acceptors (Lipinski definition) is 2. The highest BCUT2D eigenvalue weighted by Gasteiger charge is 2.28. The molecule has 1 unspecified atom stereocenters. The van der Waals surface area contributed by atoms with E-state index in [0.717, 1.165) is 5.56 Å². The first kappa shape index (κ1) is 12.0. The fraction of sp³-hybridized carbons (Fsp3) is 0.385. The van der Waals surface area contributed by atoms with Crippen LogP contribution in [0.2, 0.25) is 0 Å². The lowest BCUT2D eigenvalue weighted by molar-refractivity contribution is 0.0936. The molecule has 0 saturated heterocycles. The Morgan fingerprint density at radius 2 is 1.88 bits per heavy atom. The third kappa shape index (κ3) is 3.03. The van der Waals surface area contributed by atoms with Gasteiger partial charge in [-0.15, -0.1) is 0 Å². The molecule has 1 aliphatic carbocycles. The highest BCUT2D eigenvalue weighted by atomic mass is 32.1. The van der Waals surface area contributed by atoms with Crippen LogP contribution in [0, 0.1) is 5.92 Å². The van der Waals surface area contributed by atoms with Gasteiger partial charge in [-0.2, -0.15) is 0 Å². The zero-order valence-electron chi connectivity index (χ0n) is 9.77. The van der Waals surface area contributed by atoms with E-state index in [2.05, 4.69) is 12.2 Å². The number of carbonyl (C=O) groups excluding carboxylic acids is 1. The molecule has 3 nitrogen and oxygen atoms in total. The molecule has 1 saturated carbocycles. The lowest BCUT2D eigenvalue weighted by Gasteiger charge is -2.12. The third-order valence-electron chi connectivity index (χ3n) is 3.12. The normalized spacial score (nSPS) is 16.3. The largest absolute Gasteiger partial charge is 0.389 e. The first-order chi connectivity index (χ1) is 8.08. The van der Waals surface area contributed by atoms with Gasteiger partial charge >= 0.3 is 0 Å². The van der Waals surface area contributed by atoms with E-state index >= 15 is 0 Å². The molecule has 90 valence electrons. The SMILES string of the molecule is CC(NC(=O)c1ccc(C(N)=S)cc1)C1CC1. The van der Waals surface area contributed by atoms with Gasteiger partial charge in [0.05, 0.1) is 0 Å². The van der Waals surface area contributed by atoms with Crippen molar-refractivity contribution in [1.29, 1.82) is 0 Å². The fourth-order valence-corrected chi connectivity index (χ4v) is 1.93. The average Bonchev–Trinajstić information content (AvgIpc) is 3.12. The van der Waals surface area contributed by atoms with Gasteiger partial charge in [0, 0.05) is 17.2 Å². The van der Waals surface area contributed by atoms with Gasteiger partial charge < -0.3 is 11.1 Å². The molecule has 1 aliphatic rings. The van der Waals surface area contributed by atoms with Crippen molar-refractivity contribution in [2.75, 3.05) is 0 Å². The average molecular weight is 248 g/mol. The molecule has 0 aromatic heterocycles. The van der Waals surface area contributed by atoms with Crippen molar-refractivity contribution >= 4 is 23.1 Å². The van der Waals surface area contributed by atoms with Gasteiger partial charge in [-0.1, -0.05) is 24.4 Å². The minimum atomic E-state index is -0.0288. The topological polar surface area (TPSA) is 55.1 Å². The molecule has 2 rings (SSSR count). The second-order valence-corrected chi connectivity index (χ2v) is 4.98. The summed E-state index contributed by atoms with van der Waals surface area (Å²) in [5, 5.41) is 3.00. The van der Waals surface area contributed by atoms with Crippen molar-refractivity contribution in [3.05, 3.63) is 35.4 Å². The molecule has 1 fully saturated rings. The van der Waals surface area contributed by atoms with Crippen LogP contribution in [-0.2, 0) is 0 Å². The number of nitrogens with one attached hydrogen (secondary N) is 1. The summed E-state index contributed by atoms with van der Waals surface area (Å²) < 4.78 is 0. The van der Waals surface area contributed by atoms with E-state index in [4.69, 9.17) is 18.0 Å². The zero-order chi connectivity index (χ0) is 12.4. The Hall–Kier alpha value is -1.42. The van der Waals surface area contributed by atoms with Crippen molar-refractivity contribution in [3.63, 3.8) is 0 Å². The van der Waals surface area contributed by atoms with Crippen LogP contribution in [0.5, 0.6) is 0 Å². The van der Waals surface area contributed by atoms with Gasteiger partial charge in [0.1, 0.15) is 4.99 Å². The molecule has 1 aromatic rings. The molecule has 0 bridgehead atoms. The standard InChI is InChI=1S/C13H16N2OS/c1-8(9-2-3-9)15-13(16)11-6-4-10(5-7-11)12(14)17/h4-9H,2-3H2,1H3,(H2,14,17)(H,15,16). The van der Waals surface area contributed by atoms with Gasteiger partial charge in [-0.3, -0.25) is 4.79 Å². The third-order valence-corrected chi connectivity index (χ3v) is 3.36. The lowest BCUT2D eigenvalue weighted by atomic mass is 10.1. The van der Waals surface area contributed by atoms with E-state index < -0.39 is 0 Å². The molecule has 3 N–H and O–H groups in total. The number of thiocarbonyl (C=S) groups is 1. The second kappa shape index (κ2) is 4.84. The molecule has 0 aliphatic heterocycles. The van der Waals surface area contributed by atoms with Crippen LogP contribution in [0.3, 0.4) is 0 Å². The monoisotopic (exact) mass is 248 g/mol. The van der Waals surface area contributed by atoms with Crippen molar-refractivity contribution in [2.24, 2.45) is 11.7 Å². The van der Waals surface area contributed by atoms with Crippen LogP contribution in [-0.4, -0.2) is 16.9 Å². The predicted octanol–water partition coefficient (Wildman–Crippen LogP) is 1.85. The lowest BCUT2D eigenvalue weighted by Crippen LogP contribution is -2.33. The number of hydrogen-bond donors (Lipinski definition) is 2. The van der Waals surface area contributed by atoms with Gasteiger partial charge in [0.2, 0.25) is 0 Å². The first-order valence-electron chi connectivity index (χ1n) is 5.78. The molecule has 0 radical (unpaired) electrons. The summed E-state index contributed by atoms with van der Waals surface area (Å²) in [4.78, 5) is 12.2. The maximum atomic E-state index is 11.9. The van der Waals surface area contributed by atoms with Gasteiger partial charge in [0.15, 0.2) is 0 Å². The van der Waals surface area contributed by atoms with Gasteiger partial charge in [0.25, 0.3) is 5.91 Å². The number of amides is 1. The summed E-state index contributed by atoms with van der Waals surface area (Å²) in [6.45, 7) is 2.05. The van der Waals surface area contributed by atoms with E-state index in [0.29, 0.717) is 16.5 Å². The molecule has 4 heteroatoms. The summed E-state index contributed by atoms with van der Waals surface area (Å²) in [6.07, 6.45) is 2.45. The quantitative estimate of drug-likeness (QED) is 0.800. The van der Waals surface area contributed by atoms with Crippen LogP contribution < -0.4 is 11.1 Å². The van der Waals surface area contributed by atoms with Gasteiger partial charge in [-0.25, -0.2) is 0 Å². The Labute approximate surface area is 106 Å². The summed E-state index contributed by atoms with van der Waals surface area (Å²) in [7, 11) is 0. The van der Waals surface area contributed by atoms with E-state index in [1.807, 2.05) is 0 Å². The van der Waals surface area contributed by atoms with Crippen LogP contribution in [0.25, 0.3) is 0 Å². The van der Waals surface area contributed by atoms with Crippen molar-refractivity contribution in [2.45, 2.75) is 25.8 Å². The maximum Gasteiger partial charge on any atom is 0.251 e. The Morgan fingerprint density at radius 3 is 2.35 bits per heavy atom. The van der Waals surface area contributed by atoms with Crippen molar-refractivity contribution in [1.82, 2.24) is 5.32 Å². The smallest absolute Gasteiger partial charge is 0.251 e. The summed E-state index contributed by atoms with van der Waals surface area (Å²) in [6, 6.07) is 7.32. The van der Waals surface area contributed by atoms with Gasteiger partial charge in [-0.05, 0) is 37.8 Å². The highest BCUT2D eigenvalue weighted by molar-refractivity contribution is 7.80.